The van der Waals surface area contributed by atoms with Crippen LogP contribution in [0.3, 0.4) is 0 Å². The maximum absolute atomic E-state index is 14.0. The van der Waals surface area contributed by atoms with Gasteiger partial charge in [0.1, 0.15) is 4.70 Å². The van der Waals surface area contributed by atoms with Gasteiger partial charge in [0.05, 0.1) is 23.9 Å². The van der Waals surface area contributed by atoms with Crippen LogP contribution in [-0.2, 0) is 0 Å². The maximum Gasteiger partial charge on any atom is 0.266 e. The quantitative estimate of drug-likeness (QED) is 0.537. The number of rotatable bonds is 4. The maximum atomic E-state index is 14.0. The van der Waals surface area contributed by atoms with Crippen molar-refractivity contribution < 1.29 is 9.13 Å². The Labute approximate surface area is 165 Å². The highest BCUT2D eigenvalue weighted by molar-refractivity contribution is 7.17. The lowest BCUT2D eigenvalue weighted by Crippen LogP contribution is -2.09. The average Bonchev–Trinajstić information content (AvgIpc) is 3.10. The lowest BCUT2D eigenvalue weighted by molar-refractivity contribution is 0.399. The Morgan fingerprint density at radius 1 is 1.32 bits per heavy atom. The lowest BCUT2D eigenvalue weighted by Gasteiger charge is -2.15. The van der Waals surface area contributed by atoms with Crippen molar-refractivity contribution in [2.45, 2.75) is 19.8 Å². The molecule has 28 heavy (non-hydrogen) atoms. The minimum atomic E-state index is -0.403. The standard InChI is InChI=1S/C21H20FN3O2S/c1-10(9-23)12-4-6-13(7-5-12)16-17-14-8-15(22)28-19(14)20(26)25-18(17)11(2)24-21(16)27-3/h4-8,10H,9,23H2,1-3H3,(H,25,26). The minimum absolute atomic E-state index is 0.248. The van der Waals surface area contributed by atoms with Crippen LogP contribution in [0.4, 0.5) is 4.39 Å². The summed E-state index contributed by atoms with van der Waals surface area (Å²) in [6, 6.07) is 9.42. The molecule has 5 nitrogen and oxygen atoms in total. The smallest absolute Gasteiger partial charge is 0.266 e. The zero-order chi connectivity index (χ0) is 20.0. The van der Waals surface area contributed by atoms with Crippen LogP contribution < -0.4 is 16.0 Å². The van der Waals surface area contributed by atoms with Crippen LogP contribution in [-0.4, -0.2) is 23.6 Å². The molecule has 1 aromatic carbocycles. The Morgan fingerprint density at radius 3 is 2.68 bits per heavy atom. The Balaban J connectivity index is 2.11. The normalized spacial score (nSPS) is 12.6. The van der Waals surface area contributed by atoms with Crippen LogP contribution in [0.15, 0.2) is 35.1 Å². The molecule has 0 aliphatic carbocycles. The van der Waals surface area contributed by atoms with Gasteiger partial charge in [-0.15, -0.1) is 11.3 Å². The fourth-order valence-corrected chi connectivity index (χ4v) is 4.30. The molecule has 0 fully saturated rings. The van der Waals surface area contributed by atoms with Gasteiger partial charge >= 0.3 is 0 Å². The Kier molecular flexibility index (Phi) is 4.64. The van der Waals surface area contributed by atoms with Gasteiger partial charge in [-0.1, -0.05) is 31.2 Å². The largest absolute Gasteiger partial charge is 0.481 e. The Morgan fingerprint density at radius 2 is 2.04 bits per heavy atom. The Hall–Kier alpha value is -2.77. The van der Waals surface area contributed by atoms with E-state index in [1.54, 1.807) is 14.0 Å². The highest BCUT2D eigenvalue weighted by Crippen LogP contribution is 2.40. The third-order valence-corrected chi connectivity index (χ3v) is 6.00. The Bertz CT molecular complexity index is 1240. The number of aromatic nitrogens is 2. The van der Waals surface area contributed by atoms with Crippen LogP contribution >= 0.6 is 11.3 Å². The first-order chi connectivity index (χ1) is 13.4. The summed E-state index contributed by atoms with van der Waals surface area (Å²) in [4.78, 5) is 19.8. The van der Waals surface area contributed by atoms with Gasteiger partial charge in [-0.2, -0.15) is 4.39 Å². The molecule has 0 aliphatic heterocycles. The minimum Gasteiger partial charge on any atom is -0.481 e. The summed E-state index contributed by atoms with van der Waals surface area (Å²) >= 11 is 0.841. The summed E-state index contributed by atoms with van der Waals surface area (Å²) in [5.74, 6) is 0.683. The second kappa shape index (κ2) is 7.00. The van der Waals surface area contributed by atoms with Crippen molar-refractivity contribution >= 4 is 32.3 Å². The number of nitrogens with zero attached hydrogens (tertiary/aromatic N) is 1. The number of hydrogen-bond acceptors (Lipinski definition) is 5. The molecule has 0 saturated heterocycles. The topological polar surface area (TPSA) is 81.0 Å². The van der Waals surface area contributed by atoms with Crippen molar-refractivity contribution in [1.29, 1.82) is 0 Å². The van der Waals surface area contributed by atoms with E-state index < -0.39 is 5.13 Å². The van der Waals surface area contributed by atoms with Crippen LogP contribution in [0.1, 0.15) is 24.1 Å². The number of halogens is 1. The number of pyridine rings is 2. The number of nitrogens with one attached hydrogen (secondary N) is 1. The number of H-pyrrole nitrogens is 1. The molecule has 0 bridgehead atoms. The second-order valence-corrected chi connectivity index (χ2v) is 7.84. The molecule has 3 aromatic heterocycles. The van der Waals surface area contributed by atoms with Crippen LogP contribution in [0.5, 0.6) is 5.88 Å². The number of fused-ring (bicyclic) bond motifs is 3. The summed E-state index contributed by atoms with van der Waals surface area (Å²) < 4.78 is 19.9. The summed E-state index contributed by atoms with van der Waals surface area (Å²) in [6.45, 7) is 4.43. The van der Waals surface area contributed by atoms with E-state index in [4.69, 9.17) is 10.5 Å². The van der Waals surface area contributed by atoms with Crippen LogP contribution in [0, 0.1) is 12.1 Å². The average molecular weight is 397 g/mol. The van der Waals surface area contributed by atoms with Crippen LogP contribution in [0.25, 0.3) is 32.1 Å². The third-order valence-electron chi connectivity index (χ3n) is 5.08. The second-order valence-electron chi connectivity index (χ2n) is 6.84. The summed E-state index contributed by atoms with van der Waals surface area (Å²) in [5.41, 5.74) is 9.41. The molecule has 0 aliphatic rings. The molecule has 3 N–H and O–H groups in total. The van der Waals surface area contributed by atoms with Crippen molar-refractivity contribution in [3.63, 3.8) is 0 Å². The molecular weight excluding hydrogens is 377 g/mol. The van der Waals surface area contributed by atoms with Crippen molar-refractivity contribution in [2.24, 2.45) is 5.73 Å². The number of aryl methyl sites for hydroxylation is 1. The van der Waals surface area contributed by atoms with E-state index in [-0.39, 0.29) is 11.5 Å². The van der Waals surface area contributed by atoms with Crippen molar-refractivity contribution in [3.05, 3.63) is 57.1 Å². The molecule has 0 radical (unpaired) electrons. The number of nitrogens with two attached hydrogens (primary N) is 1. The number of ether oxygens (including phenoxy) is 1. The monoisotopic (exact) mass is 397 g/mol. The first kappa shape index (κ1) is 18.6. The molecule has 0 saturated carbocycles. The predicted molar refractivity (Wildman–Crippen MR) is 112 cm³/mol. The first-order valence-corrected chi connectivity index (χ1v) is 9.76. The fraction of sp³-hybridized carbons (Fsp3) is 0.238. The first-order valence-electron chi connectivity index (χ1n) is 8.94. The third kappa shape index (κ3) is 2.87. The molecule has 1 atom stereocenters. The van der Waals surface area contributed by atoms with Crippen LogP contribution in [0.2, 0.25) is 0 Å². The van der Waals surface area contributed by atoms with Gasteiger partial charge in [0, 0.05) is 10.8 Å². The predicted octanol–water partition coefficient (Wildman–Crippen LogP) is 4.32. The SMILES string of the molecule is COc1nc(C)c2[nH]c(=O)c3sc(F)cc3c2c1-c1ccc(C(C)CN)cc1. The van der Waals surface area contributed by atoms with Crippen molar-refractivity contribution in [1.82, 2.24) is 9.97 Å². The van der Waals surface area contributed by atoms with Crippen molar-refractivity contribution in [3.8, 4) is 17.0 Å². The van der Waals surface area contributed by atoms with Gasteiger partial charge in [0.25, 0.3) is 5.56 Å². The zero-order valence-corrected chi connectivity index (χ0v) is 16.6. The van der Waals surface area contributed by atoms with Gasteiger partial charge in [-0.05, 0) is 36.6 Å². The molecule has 4 rings (SSSR count). The molecule has 0 spiro atoms. The zero-order valence-electron chi connectivity index (χ0n) is 15.8. The molecule has 7 heteroatoms. The molecule has 4 aromatic rings. The van der Waals surface area contributed by atoms with E-state index in [0.717, 1.165) is 33.4 Å². The van der Waals surface area contributed by atoms with Gasteiger partial charge < -0.3 is 15.5 Å². The van der Waals surface area contributed by atoms with Gasteiger partial charge in [0.15, 0.2) is 5.13 Å². The summed E-state index contributed by atoms with van der Waals surface area (Å²) in [7, 11) is 1.55. The number of hydrogen-bond donors (Lipinski definition) is 2. The number of methoxy groups -OCH3 is 1. The molecule has 144 valence electrons. The molecule has 3 heterocycles. The number of benzene rings is 1. The number of aromatic amines is 1. The highest BCUT2D eigenvalue weighted by atomic mass is 32.1. The van der Waals surface area contributed by atoms with E-state index in [0.29, 0.717) is 33.7 Å². The molecule has 0 amide bonds. The highest BCUT2D eigenvalue weighted by Gasteiger charge is 2.20. The molecule has 1 unspecified atom stereocenters. The fourth-order valence-electron chi connectivity index (χ4n) is 3.51. The van der Waals surface area contributed by atoms with Crippen molar-refractivity contribution in [2.75, 3.05) is 13.7 Å². The summed E-state index contributed by atoms with van der Waals surface area (Å²) in [5, 5.41) is 0.901. The van der Waals surface area contributed by atoms with E-state index in [9.17, 15) is 9.18 Å². The lowest BCUT2D eigenvalue weighted by atomic mass is 9.95. The van der Waals surface area contributed by atoms with E-state index in [2.05, 4.69) is 16.9 Å². The van der Waals surface area contributed by atoms with Gasteiger partial charge in [-0.3, -0.25) is 4.79 Å². The van der Waals surface area contributed by atoms with E-state index >= 15 is 0 Å². The van der Waals surface area contributed by atoms with E-state index in [1.807, 2.05) is 24.3 Å². The van der Waals surface area contributed by atoms with E-state index in [1.165, 1.54) is 6.07 Å². The van der Waals surface area contributed by atoms with Gasteiger partial charge in [0.2, 0.25) is 5.88 Å². The molecular formula is C21H20FN3O2S. The summed E-state index contributed by atoms with van der Waals surface area (Å²) in [6.07, 6.45) is 0. The number of thiophene rings is 1. The van der Waals surface area contributed by atoms with Gasteiger partial charge in [-0.25, -0.2) is 4.98 Å².